The summed E-state index contributed by atoms with van der Waals surface area (Å²) in [5.74, 6) is 0.369. The summed E-state index contributed by atoms with van der Waals surface area (Å²) in [6.45, 7) is 0. The SMILES string of the molecule is COc1cc(-c2cc(=O)c3cccc(CC(=O)O)c3o2)c(OC)c(OC)c1OC. The van der Waals surface area contributed by atoms with Crippen LogP contribution in [0.3, 0.4) is 0 Å². The van der Waals surface area contributed by atoms with E-state index in [4.69, 9.17) is 23.4 Å². The fraction of sp³-hybridized carbons (Fsp3) is 0.238. The molecule has 0 fully saturated rings. The van der Waals surface area contributed by atoms with Crippen molar-refractivity contribution in [2.24, 2.45) is 0 Å². The Kier molecular flexibility index (Phi) is 5.63. The van der Waals surface area contributed by atoms with Crippen LogP contribution in [0.1, 0.15) is 5.56 Å². The monoisotopic (exact) mass is 400 g/mol. The molecule has 0 atom stereocenters. The maximum Gasteiger partial charge on any atom is 0.307 e. The normalized spacial score (nSPS) is 10.6. The van der Waals surface area contributed by atoms with E-state index in [-0.39, 0.29) is 34.7 Å². The lowest BCUT2D eigenvalue weighted by molar-refractivity contribution is -0.136. The third kappa shape index (κ3) is 3.56. The summed E-state index contributed by atoms with van der Waals surface area (Å²) >= 11 is 0. The van der Waals surface area contributed by atoms with Crippen LogP contribution in [0.15, 0.2) is 39.5 Å². The predicted molar refractivity (Wildman–Crippen MR) is 105 cm³/mol. The Hall–Kier alpha value is -3.68. The molecule has 8 heteroatoms. The number of methoxy groups -OCH3 is 4. The van der Waals surface area contributed by atoms with Crippen molar-refractivity contribution in [1.29, 1.82) is 0 Å². The van der Waals surface area contributed by atoms with Gasteiger partial charge in [0.05, 0.1) is 45.8 Å². The zero-order chi connectivity index (χ0) is 21.1. The predicted octanol–water partition coefficient (Wildman–Crippen LogP) is 3.12. The van der Waals surface area contributed by atoms with Gasteiger partial charge in [-0.2, -0.15) is 0 Å². The van der Waals surface area contributed by atoms with Gasteiger partial charge in [0.2, 0.25) is 11.5 Å². The van der Waals surface area contributed by atoms with E-state index in [1.54, 1.807) is 24.3 Å². The first-order chi connectivity index (χ1) is 13.9. The zero-order valence-corrected chi connectivity index (χ0v) is 16.4. The average Bonchev–Trinajstić information content (AvgIpc) is 2.71. The van der Waals surface area contributed by atoms with Crippen LogP contribution < -0.4 is 24.4 Å². The molecule has 0 spiro atoms. The first-order valence-electron chi connectivity index (χ1n) is 8.60. The van der Waals surface area contributed by atoms with Gasteiger partial charge >= 0.3 is 5.97 Å². The van der Waals surface area contributed by atoms with Crippen LogP contribution in [0.5, 0.6) is 23.0 Å². The lowest BCUT2D eigenvalue weighted by Crippen LogP contribution is -2.06. The molecule has 1 N–H and O–H groups in total. The molecule has 0 amide bonds. The highest BCUT2D eigenvalue weighted by Gasteiger charge is 2.24. The molecule has 29 heavy (non-hydrogen) atoms. The topological polar surface area (TPSA) is 104 Å². The number of aliphatic carboxylic acids is 1. The number of para-hydroxylation sites is 1. The van der Waals surface area contributed by atoms with E-state index in [9.17, 15) is 14.7 Å². The zero-order valence-electron chi connectivity index (χ0n) is 16.4. The molecule has 0 aliphatic rings. The van der Waals surface area contributed by atoms with Crippen LogP contribution in [0.2, 0.25) is 0 Å². The minimum atomic E-state index is -1.03. The Bertz CT molecular complexity index is 1130. The molecule has 0 unspecified atom stereocenters. The number of rotatable bonds is 7. The van der Waals surface area contributed by atoms with E-state index in [1.165, 1.54) is 34.5 Å². The fourth-order valence-corrected chi connectivity index (χ4v) is 3.19. The number of carbonyl (C=O) groups is 1. The van der Waals surface area contributed by atoms with Crippen molar-refractivity contribution in [3.8, 4) is 34.3 Å². The second kappa shape index (κ2) is 8.14. The van der Waals surface area contributed by atoms with E-state index in [1.807, 2.05) is 0 Å². The number of fused-ring (bicyclic) bond motifs is 1. The number of carboxylic acid groups (broad SMARTS) is 1. The highest BCUT2D eigenvalue weighted by Crippen LogP contribution is 2.50. The molecule has 0 aliphatic carbocycles. The maximum atomic E-state index is 12.7. The number of ether oxygens (including phenoxy) is 4. The van der Waals surface area contributed by atoms with E-state index < -0.39 is 5.97 Å². The minimum Gasteiger partial charge on any atom is -0.493 e. The van der Waals surface area contributed by atoms with E-state index in [2.05, 4.69) is 0 Å². The molecule has 0 aliphatic heterocycles. The van der Waals surface area contributed by atoms with Gasteiger partial charge in [-0.05, 0) is 12.1 Å². The van der Waals surface area contributed by atoms with E-state index in [0.717, 1.165) is 0 Å². The molecular formula is C21H20O8. The van der Waals surface area contributed by atoms with Gasteiger partial charge in [0, 0.05) is 11.6 Å². The van der Waals surface area contributed by atoms with Crippen molar-refractivity contribution in [1.82, 2.24) is 0 Å². The summed E-state index contributed by atoms with van der Waals surface area (Å²) < 4.78 is 27.6. The lowest BCUT2D eigenvalue weighted by atomic mass is 10.0. The number of hydrogen-bond acceptors (Lipinski definition) is 7. The van der Waals surface area contributed by atoms with Crippen molar-refractivity contribution < 1.29 is 33.3 Å². The Morgan fingerprint density at radius 3 is 2.24 bits per heavy atom. The summed E-state index contributed by atoms with van der Waals surface area (Å²) in [6.07, 6.45) is -0.282. The van der Waals surface area contributed by atoms with Crippen molar-refractivity contribution in [3.05, 3.63) is 46.1 Å². The quantitative estimate of drug-likeness (QED) is 0.645. The highest BCUT2D eigenvalue weighted by molar-refractivity contribution is 5.86. The Balaban J connectivity index is 2.36. The number of hydrogen-bond donors (Lipinski definition) is 1. The van der Waals surface area contributed by atoms with Gasteiger partial charge in [-0.25, -0.2) is 0 Å². The summed E-state index contributed by atoms with van der Waals surface area (Å²) in [5.41, 5.74) is 0.670. The molecule has 2 aromatic carbocycles. The number of carboxylic acids is 1. The molecule has 0 saturated heterocycles. The van der Waals surface area contributed by atoms with Crippen LogP contribution in [0.4, 0.5) is 0 Å². The molecule has 1 aromatic heterocycles. The van der Waals surface area contributed by atoms with Gasteiger partial charge in [-0.1, -0.05) is 12.1 Å². The molecule has 8 nitrogen and oxygen atoms in total. The van der Waals surface area contributed by atoms with Gasteiger partial charge in [-0.15, -0.1) is 0 Å². The third-order valence-electron chi connectivity index (χ3n) is 4.43. The molecule has 0 radical (unpaired) electrons. The first kappa shape index (κ1) is 20.1. The van der Waals surface area contributed by atoms with Gasteiger partial charge in [0.15, 0.2) is 16.9 Å². The van der Waals surface area contributed by atoms with Crippen LogP contribution >= 0.6 is 0 Å². The largest absolute Gasteiger partial charge is 0.493 e. The van der Waals surface area contributed by atoms with E-state index >= 15 is 0 Å². The minimum absolute atomic E-state index is 0.177. The molecule has 152 valence electrons. The molecule has 3 aromatic rings. The van der Waals surface area contributed by atoms with Crippen molar-refractivity contribution >= 4 is 16.9 Å². The molecule has 0 bridgehead atoms. The summed E-state index contributed by atoms with van der Waals surface area (Å²) in [6, 6.07) is 7.73. The Labute approximate surface area is 166 Å². The fourth-order valence-electron chi connectivity index (χ4n) is 3.19. The van der Waals surface area contributed by atoms with Gasteiger partial charge in [0.1, 0.15) is 11.3 Å². The van der Waals surface area contributed by atoms with E-state index in [0.29, 0.717) is 28.0 Å². The second-order valence-electron chi connectivity index (χ2n) is 6.07. The standard InChI is InChI=1S/C21H20O8/c1-25-16-9-13(19(26-2)21(28-4)20(16)27-3)15-10-14(22)12-7-5-6-11(8-17(23)24)18(12)29-15/h5-7,9-10H,8H2,1-4H3,(H,23,24). The van der Waals surface area contributed by atoms with Crippen molar-refractivity contribution in [3.63, 3.8) is 0 Å². The van der Waals surface area contributed by atoms with Gasteiger partial charge < -0.3 is 28.5 Å². The van der Waals surface area contributed by atoms with Gasteiger partial charge in [0.25, 0.3) is 0 Å². The molecular weight excluding hydrogens is 380 g/mol. The van der Waals surface area contributed by atoms with Crippen LogP contribution in [0, 0.1) is 0 Å². The second-order valence-corrected chi connectivity index (χ2v) is 6.07. The number of benzene rings is 2. The lowest BCUT2D eigenvalue weighted by Gasteiger charge is -2.18. The van der Waals surface area contributed by atoms with Crippen molar-refractivity contribution in [2.45, 2.75) is 6.42 Å². The smallest absolute Gasteiger partial charge is 0.307 e. The van der Waals surface area contributed by atoms with Crippen LogP contribution in [-0.2, 0) is 11.2 Å². The molecule has 3 rings (SSSR count). The van der Waals surface area contributed by atoms with Crippen molar-refractivity contribution in [2.75, 3.05) is 28.4 Å². The van der Waals surface area contributed by atoms with Gasteiger partial charge in [-0.3, -0.25) is 9.59 Å². The first-order valence-corrected chi connectivity index (χ1v) is 8.60. The summed E-state index contributed by atoms with van der Waals surface area (Å²) in [5, 5.41) is 9.46. The summed E-state index contributed by atoms with van der Waals surface area (Å²) in [7, 11) is 5.83. The highest BCUT2D eigenvalue weighted by atomic mass is 16.5. The molecule has 0 saturated carbocycles. The third-order valence-corrected chi connectivity index (χ3v) is 4.43. The maximum absolute atomic E-state index is 12.7. The summed E-state index contributed by atoms with van der Waals surface area (Å²) in [4.78, 5) is 23.9. The molecule has 1 heterocycles. The Morgan fingerprint density at radius 1 is 0.966 bits per heavy atom. The average molecular weight is 400 g/mol. The Morgan fingerprint density at radius 2 is 1.66 bits per heavy atom. The van der Waals surface area contributed by atoms with Crippen LogP contribution in [-0.4, -0.2) is 39.5 Å². The van der Waals surface area contributed by atoms with Crippen LogP contribution in [0.25, 0.3) is 22.3 Å².